The van der Waals surface area contributed by atoms with Crippen molar-refractivity contribution in [3.63, 3.8) is 0 Å². The van der Waals surface area contributed by atoms with Crippen LogP contribution in [-0.2, 0) is 32.6 Å². The van der Waals surface area contributed by atoms with Crippen molar-refractivity contribution in [2.45, 2.75) is 62.6 Å². The van der Waals surface area contributed by atoms with Gasteiger partial charge in [-0.1, -0.05) is 96.2 Å². The second-order valence-electron chi connectivity index (χ2n) is 11.6. The van der Waals surface area contributed by atoms with E-state index in [2.05, 4.69) is 5.32 Å². The van der Waals surface area contributed by atoms with Gasteiger partial charge in [-0.2, -0.15) is 0 Å². The number of nitrogens with zero attached hydrogens (tertiary/aromatic N) is 2. The Labute approximate surface area is 281 Å². The third kappa shape index (κ3) is 8.49. The minimum Gasteiger partial charge on any atom is -0.352 e. The van der Waals surface area contributed by atoms with E-state index < -0.39 is 28.5 Å². The average molecular weight is 679 g/mol. The van der Waals surface area contributed by atoms with Crippen molar-refractivity contribution in [2.75, 3.05) is 10.8 Å². The van der Waals surface area contributed by atoms with Gasteiger partial charge in [-0.25, -0.2) is 8.42 Å². The first kappa shape index (κ1) is 33.5. The second-order valence-corrected chi connectivity index (χ2v) is 14.4. The Morgan fingerprint density at radius 3 is 2.00 bits per heavy atom. The lowest BCUT2D eigenvalue weighted by atomic mass is 10.0. The highest BCUT2D eigenvalue weighted by atomic mass is 35.5. The van der Waals surface area contributed by atoms with Crippen molar-refractivity contribution >= 4 is 50.7 Å². The number of hydrogen-bond acceptors (Lipinski definition) is 4. The molecule has 1 saturated carbocycles. The molecular weight excluding hydrogens is 641 g/mol. The lowest BCUT2D eigenvalue weighted by Gasteiger charge is -2.34. The molecule has 7 nitrogen and oxygen atoms in total. The summed E-state index contributed by atoms with van der Waals surface area (Å²) in [5.74, 6) is -0.791. The number of carbonyl (C=O) groups is 2. The fourth-order valence-electron chi connectivity index (χ4n) is 5.68. The summed E-state index contributed by atoms with van der Waals surface area (Å²) in [5.41, 5.74) is 2.81. The van der Waals surface area contributed by atoms with Gasteiger partial charge in [0, 0.05) is 29.1 Å². The summed E-state index contributed by atoms with van der Waals surface area (Å²) in [6.45, 7) is 1.41. The number of aryl methyl sites for hydroxylation is 1. The SMILES string of the molecule is Cc1ccc(S(=O)(=O)N(CC(=O)N(Cc2ccc(Cl)cc2)[C@@H](Cc2ccccc2)C(=O)NC2CCCC2)c2ccc(Cl)cc2)cc1. The molecule has 0 bridgehead atoms. The summed E-state index contributed by atoms with van der Waals surface area (Å²) in [4.78, 5) is 30.2. The zero-order valence-electron chi connectivity index (χ0n) is 25.6. The number of nitrogens with one attached hydrogen (secondary N) is 1. The molecular formula is C36H37Cl2N3O4S. The number of rotatable bonds is 12. The molecule has 0 unspecified atom stereocenters. The molecule has 0 heterocycles. The first-order valence-corrected chi connectivity index (χ1v) is 17.5. The molecule has 2 amide bonds. The molecule has 1 aliphatic rings. The average Bonchev–Trinajstić information content (AvgIpc) is 3.56. The second kappa shape index (κ2) is 15.2. The Hall–Kier alpha value is -3.85. The van der Waals surface area contributed by atoms with E-state index in [0.29, 0.717) is 10.0 Å². The highest BCUT2D eigenvalue weighted by Crippen LogP contribution is 2.27. The van der Waals surface area contributed by atoms with Crippen LogP contribution in [0, 0.1) is 6.92 Å². The van der Waals surface area contributed by atoms with Crippen LogP contribution in [0.5, 0.6) is 0 Å². The summed E-state index contributed by atoms with van der Waals surface area (Å²) < 4.78 is 29.4. The van der Waals surface area contributed by atoms with E-state index in [9.17, 15) is 18.0 Å². The lowest BCUT2D eigenvalue weighted by Crippen LogP contribution is -2.54. The Bertz CT molecular complexity index is 1730. The molecule has 0 aliphatic heterocycles. The molecule has 4 aromatic rings. The van der Waals surface area contributed by atoms with Crippen LogP contribution in [0.2, 0.25) is 10.0 Å². The van der Waals surface area contributed by atoms with Crippen LogP contribution in [0.1, 0.15) is 42.4 Å². The molecule has 1 atom stereocenters. The Kier molecular flexibility index (Phi) is 11.0. The minimum atomic E-state index is -4.19. The van der Waals surface area contributed by atoms with Crippen molar-refractivity contribution < 1.29 is 18.0 Å². The molecule has 46 heavy (non-hydrogen) atoms. The van der Waals surface area contributed by atoms with Crippen molar-refractivity contribution in [1.29, 1.82) is 0 Å². The molecule has 5 rings (SSSR count). The molecule has 1 N–H and O–H groups in total. The maximum Gasteiger partial charge on any atom is 0.264 e. The maximum atomic E-state index is 14.6. The predicted octanol–water partition coefficient (Wildman–Crippen LogP) is 7.20. The monoisotopic (exact) mass is 677 g/mol. The van der Waals surface area contributed by atoms with Crippen LogP contribution in [0.4, 0.5) is 5.69 Å². The zero-order valence-corrected chi connectivity index (χ0v) is 27.9. The number of amides is 2. The van der Waals surface area contributed by atoms with Crippen molar-refractivity contribution in [1.82, 2.24) is 10.2 Å². The highest BCUT2D eigenvalue weighted by Gasteiger charge is 2.35. The van der Waals surface area contributed by atoms with Gasteiger partial charge >= 0.3 is 0 Å². The molecule has 4 aromatic carbocycles. The van der Waals surface area contributed by atoms with E-state index in [1.54, 1.807) is 60.7 Å². The predicted molar refractivity (Wildman–Crippen MR) is 183 cm³/mol. The number of sulfonamides is 1. The number of anilines is 1. The summed E-state index contributed by atoms with van der Waals surface area (Å²) in [5, 5.41) is 4.15. The van der Waals surface area contributed by atoms with E-state index >= 15 is 0 Å². The van der Waals surface area contributed by atoms with Gasteiger partial charge in [-0.3, -0.25) is 13.9 Å². The lowest BCUT2D eigenvalue weighted by molar-refractivity contribution is -0.140. The Morgan fingerprint density at radius 1 is 0.804 bits per heavy atom. The van der Waals surface area contributed by atoms with E-state index in [0.717, 1.165) is 46.7 Å². The van der Waals surface area contributed by atoms with Gasteiger partial charge in [-0.15, -0.1) is 0 Å². The van der Waals surface area contributed by atoms with Gasteiger partial charge in [-0.05, 0) is 79.4 Å². The van der Waals surface area contributed by atoms with Crippen LogP contribution in [0.3, 0.4) is 0 Å². The van der Waals surface area contributed by atoms with E-state index in [4.69, 9.17) is 23.2 Å². The van der Waals surface area contributed by atoms with Gasteiger partial charge < -0.3 is 10.2 Å². The van der Waals surface area contributed by atoms with Crippen LogP contribution in [0.25, 0.3) is 0 Å². The van der Waals surface area contributed by atoms with E-state index in [1.165, 1.54) is 17.0 Å². The number of carbonyl (C=O) groups excluding carboxylic acids is 2. The fraction of sp³-hybridized carbons (Fsp3) is 0.278. The minimum absolute atomic E-state index is 0.0331. The topological polar surface area (TPSA) is 86.8 Å². The van der Waals surface area contributed by atoms with Crippen LogP contribution >= 0.6 is 23.2 Å². The van der Waals surface area contributed by atoms with Crippen LogP contribution in [0.15, 0.2) is 108 Å². The summed E-state index contributed by atoms with van der Waals surface area (Å²) in [6.07, 6.45) is 4.09. The fourth-order valence-corrected chi connectivity index (χ4v) is 7.35. The quantitative estimate of drug-likeness (QED) is 0.172. The van der Waals surface area contributed by atoms with Gasteiger partial charge in [0.15, 0.2) is 0 Å². The third-order valence-corrected chi connectivity index (χ3v) is 10.5. The third-order valence-electron chi connectivity index (χ3n) is 8.24. The van der Waals surface area contributed by atoms with Crippen molar-refractivity contribution in [2.24, 2.45) is 0 Å². The molecule has 10 heteroatoms. The number of hydrogen-bond donors (Lipinski definition) is 1. The molecule has 0 spiro atoms. The van der Waals surface area contributed by atoms with Crippen LogP contribution in [-0.4, -0.2) is 43.8 Å². The summed E-state index contributed by atoms with van der Waals surface area (Å²) in [7, 11) is -4.19. The van der Waals surface area contributed by atoms with E-state index in [-0.39, 0.29) is 35.5 Å². The highest BCUT2D eigenvalue weighted by molar-refractivity contribution is 7.92. The Morgan fingerprint density at radius 2 is 1.39 bits per heavy atom. The smallest absolute Gasteiger partial charge is 0.264 e. The molecule has 0 radical (unpaired) electrons. The molecule has 1 aliphatic carbocycles. The van der Waals surface area contributed by atoms with Gasteiger partial charge in [0.25, 0.3) is 10.0 Å². The van der Waals surface area contributed by atoms with Gasteiger partial charge in [0.05, 0.1) is 10.6 Å². The zero-order chi connectivity index (χ0) is 32.7. The van der Waals surface area contributed by atoms with Crippen molar-refractivity contribution in [3.8, 4) is 0 Å². The molecule has 0 aromatic heterocycles. The molecule has 0 saturated heterocycles. The molecule has 1 fully saturated rings. The Balaban J connectivity index is 1.55. The van der Waals surface area contributed by atoms with Gasteiger partial charge in [0.2, 0.25) is 11.8 Å². The van der Waals surface area contributed by atoms with Crippen LogP contribution < -0.4 is 9.62 Å². The van der Waals surface area contributed by atoms with Gasteiger partial charge in [0.1, 0.15) is 12.6 Å². The summed E-state index contributed by atoms with van der Waals surface area (Å²) in [6, 6.07) is 28.5. The maximum absolute atomic E-state index is 14.6. The first-order chi connectivity index (χ1) is 22.1. The summed E-state index contributed by atoms with van der Waals surface area (Å²) >= 11 is 12.3. The molecule has 240 valence electrons. The number of halogens is 2. The number of benzene rings is 4. The standard InChI is InChI=1S/C36H37Cl2N3O4S/c1-26-11-21-33(22-12-26)46(44,45)41(32-19-17-30(38)18-20-32)25-35(42)40(24-28-13-15-29(37)16-14-28)34(23-27-7-3-2-4-8-27)36(43)39-31-9-5-6-10-31/h2-4,7-8,11-22,31,34H,5-6,9-10,23-25H2,1H3,(H,39,43)/t34-/m0/s1. The normalized spacial score (nSPS) is 14.1. The van der Waals surface area contributed by atoms with Crippen molar-refractivity contribution in [3.05, 3.63) is 130 Å². The first-order valence-electron chi connectivity index (χ1n) is 15.3. The van der Waals surface area contributed by atoms with E-state index in [1.807, 2.05) is 37.3 Å². The largest absolute Gasteiger partial charge is 0.352 e.